The molecule has 6 heteroatoms. The smallest absolute Gasteiger partial charge is 0.418 e. The topological polar surface area (TPSA) is 45.9 Å². The molecule has 0 bridgehead atoms. The Labute approximate surface area is 84.1 Å². The molecule has 0 aliphatic carbocycles. The van der Waals surface area contributed by atoms with E-state index in [0.29, 0.717) is 6.20 Å². The van der Waals surface area contributed by atoms with Crippen LogP contribution in [0.1, 0.15) is 11.3 Å². The molecule has 15 heavy (non-hydrogen) atoms. The van der Waals surface area contributed by atoms with Crippen molar-refractivity contribution in [2.24, 2.45) is 0 Å². The summed E-state index contributed by atoms with van der Waals surface area (Å²) in [6, 6.07) is 2.63. The summed E-state index contributed by atoms with van der Waals surface area (Å²) in [4.78, 5) is 3.54. The summed E-state index contributed by atoms with van der Waals surface area (Å²) in [6.07, 6.45) is -3.85. The number of halogens is 3. The zero-order chi connectivity index (χ0) is 11.5. The minimum Gasteiger partial charge on any atom is -0.495 e. The molecule has 1 rings (SSSR count). The molecule has 0 amide bonds. The maximum atomic E-state index is 12.3. The van der Waals surface area contributed by atoms with E-state index in [2.05, 4.69) is 4.98 Å². The number of alkyl halides is 3. The molecule has 0 fully saturated rings. The summed E-state index contributed by atoms with van der Waals surface area (Å²) in [7, 11) is 1.23. The Bertz CT molecular complexity index is 395. The molecule has 0 saturated carbocycles. The SMILES string of the molecule is COc1cc(C(F)(F)F)cnc1CC#N. The molecule has 0 N–H and O–H groups in total. The van der Waals surface area contributed by atoms with Gasteiger partial charge in [-0.3, -0.25) is 4.98 Å². The minimum absolute atomic E-state index is 0.0219. The summed E-state index contributed by atoms with van der Waals surface area (Å²) in [5.41, 5.74) is -0.686. The lowest BCUT2D eigenvalue weighted by molar-refractivity contribution is -0.137. The first-order valence-corrected chi connectivity index (χ1v) is 3.96. The van der Waals surface area contributed by atoms with Crippen LogP contribution in [0.25, 0.3) is 0 Å². The molecule has 1 heterocycles. The molecular weight excluding hydrogens is 209 g/mol. The highest BCUT2D eigenvalue weighted by Crippen LogP contribution is 2.31. The van der Waals surface area contributed by atoms with Gasteiger partial charge < -0.3 is 4.74 Å². The third-order valence-corrected chi connectivity index (χ3v) is 1.72. The highest BCUT2D eigenvalue weighted by molar-refractivity contribution is 5.34. The van der Waals surface area contributed by atoms with Crippen LogP contribution in [0.4, 0.5) is 13.2 Å². The fourth-order valence-electron chi connectivity index (χ4n) is 1.01. The van der Waals surface area contributed by atoms with Crippen molar-refractivity contribution in [1.82, 2.24) is 4.98 Å². The molecule has 1 aromatic heterocycles. The van der Waals surface area contributed by atoms with Crippen LogP contribution in [-0.4, -0.2) is 12.1 Å². The van der Waals surface area contributed by atoms with Gasteiger partial charge in [0.05, 0.1) is 30.9 Å². The number of hydrogen-bond donors (Lipinski definition) is 0. The molecule has 3 nitrogen and oxygen atoms in total. The van der Waals surface area contributed by atoms with Crippen molar-refractivity contribution in [3.05, 3.63) is 23.5 Å². The maximum absolute atomic E-state index is 12.3. The first-order chi connectivity index (χ1) is 6.99. The Morgan fingerprint density at radius 2 is 2.20 bits per heavy atom. The molecule has 0 spiro atoms. The van der Waals surface area contributed by atoms with Crippen molar-refractivity contribution in [2.45, 2.75) is 12.6 Å². The van der Waals surface area contributed by atoms with E-state index in [4.69, 9.17) is 10.00 Å². The fraction of sp³-hybridized carbons (Fsp3) is 0.333. The Morgan fingerprint density at radius 3 is 2.67 bits per heavy atom. The van der Waals surface area contributed by atoms with Gasteiger partial charge in [-0.05, 0) is 6.07 Å². The molecule has 0 unspecified atom stereocenters. The number of nitriles is 1. The summed E-state index contributed by atoms with van der Waals surface area (Å²) in [5.74, 6) is -0.0219. The molecule has 0 aromatic carbocycles. The molecule has 1 aromatic rings. The van der Waals surface area contributed by atoms with Gasteiger partial charge in [0.25, 0.3) is 0 Å². The normalized spacial score (nSPS) is 10.9. The second-order valence-electron chi connectivity index (χ2n) is 2.71. The monoisotopic (exact) mass is 216 g/mol. The Kier molecular flexibility index (Phi) is 3.14. The third-order valence-electron chi connectivity index (χ3n) is 1.72. The summed E-state index contributed by atoms with van der Waals surface area (Å²) in [5, 5.41) is 8.40. The van der Waals surface area contributed by atoms with Gasteiger partial charge in [-0.25, -0.2) is 0 Å². The van der Waals surface area contributed by atoms with E-state index in [9.17, 15) is 13.2 Å². The van der Waals surface area contributed by atoms with Crippen LogP contribution in [0, 0.1) is 11.3 Å². The lowest BCUT2D eigenvalue weighted by atomic mass is 10.2. The lowest BCUT2D eigenvalue weighted by Crippen LogP contribution is -2.07. The van der Waals surface area contributed by atoms with Crippen LogP contribution in [0.2, 0.25) is 0 Å². The van der Waals surface area contributed by atoms with Crippen LogP contribution in [0.15, 0.2) is 12.3 Å². The average Bonchev–Trinajstić information content (AvgIpc) is 2.17. The van der Waals surface area contributed by atoms with Crippen molar-refractivity contribution in [3.63, 3.8) is 0 Å². The van der Waals surface area contributed by atoms with E-state index < -0.39 is 11.7 Å². The second kappa shape index (κ2) is 4.17. The first kappa shape index (κ1) is 11.3. The molecule has 0 atom stereocenters. The Balaban J connectivity index is 3.14. The predicted octanol–water partition coefficient (Wildman–Crippen LogP) is 2.18. The van der Waals surface area contributed by atoms with E-state index in [1.807, 2.05) is 0 Å². The number of pyridine rings is 1. The average molecular weight is 216 g/mol. The van der Waals surface area contributed by atoms with E-state index >= 15 is 0 Å². The second-order valence-corrected chi connectivity index (χ2v) is 2.71. The highest BCUT2D eigenvalue weighted by atomic mass is 19.4. The number of nitrogens with zero attached hydrogens (tertiary/aromatic N) is 2. The van der Waals surface area contributed by atoms with Gasteiger partial charge in [0.2, 0.25) is 0 Å². The van der Waals surface area contributed by atoms with Gasteiger partial charge in [-0.15, -0.1) is 0 Å². The van der Waals surface area contributed by atoms with Crippen molar-refractivity contribution in [2.75, 3.05) is 7.11 Å². The Hall–Kier alpha value is -1.77. The molecular formula is C9H7F3N2O. The van der Waals surface area contributed by atoms with Gasteiger partial charge in [-0.2, -0.15) is 18.4 Å². The lowest BCUT2D eigenvalue weighted by Gasteiger charge is -2.09. The van der Waals surface area contributed by atoms with E-state index in [0.717, 1.165) is 6.07 Å². The number of hydrogen-bond acceptors (Lipinski definition) is 3. The van der Waals surface area contributed by atoms with Crippen molar-refractivity contribution >= 4 is 0 Å². The van der Waals surface area contributed by atoms with Crippen molar-refractivity contribution in [3.8, 4) is 11.8 Å². The highest BCUT2D eigenvalue weighted by Gasteiger charge is 2.31. The maximum Gasteiger partial charge on any atom is 0.418 e. The third kappa shape index (κ3) is 2.59. The quantitative estimate of drug-likeness (QED) is 0.761. The van der Waals surface area contributed by atoms with Crippen LogP contribution in [-0.2, 0) is 12.6 Å². The van der Waals surface area contributed by atoms with Gasteiger partial charge in [0.15, 0.2) is 0 Å². The van der Waals surface area contributed by atoms with Crippen molar-refractivity contribution < 1.29 is 17.9 Å². The standard InChI is InChI=1S/C9H7F3N2O/c1-15-8-4-6(9(10,11)12)5-14-7(8)2-3-13/h4-5H,2H2,1H3. The molecule has 0 aliphatic rings. The van der Waals surface area contributed by atoms with Crippen LogP contribution < -0.4 is 4.74 Å². The molecule has 0 saturated heterocycles. The zero-order valence-corrected chi connectivity index (χ0v) is 7.80. The van der Waals surface area contributed by atoms with Gasteiger partial charge in [-0.1, -0.05) is 0 Å². The van der Waals surface area contributed by atoms with Crippen LogP contribution in [0.3, 0.4) is 0 Å². The number of ether oxygens (including phenoxy) is 1. The van der Waals surface area contributed by atoms with Crippen molar-refractivity contribution in [1.29, 1.82) is 5.26 Å². The largest absolute Gasteiger partial charge is 0.495 e. The van der Waals surface area contributed by atoms with Gasteiger partial charge >= 0.3 is 6.18 Å². The van der Waals surface area contributed by atoms with Gasteiger partial charge in [0, 0.05) is 6.20 Å². The van der Waals surface area contributed by atoms with Crippen LogP contribution in [0.5, 0.6) is 5.75 Å². The minimum atomic E-state index is -4.45. The molecule has 80 valence electrons. The fourth-order valence-corrected chi connectivity index (χ4v) is 1.01. The van der Waals surface area contributed by atoms with E-state index in [1.165, 1.54) is 7.11 Å². The van der Waals surface area contributed by atoms with E-state index in [1.54, 1.807) is 6.07 Å². The first-order valence-electron chi connectivity index (χ1n) is 3.96. The summed E-state index contributed by atoms with van der Waals surface area (Å²) in [6.45, 7) is 0. The van der Waals surface area contributed by atoms with Crippen LogP contribution >= 0.6 is 0 Å². The Morgan fingerprint density at radius 1 is 1.53 bits per heavy atom. The summed E-state index contributed by atoms with van der Waals surface area (Å²) < 4.78 is 41.5. The number of rotatable bonds is 2. The van der Waals surface area contributed by atoms with E-state index in [-0.39, 0.29) is 17.9 Å². The molecule has 0 radical (unpaired) electrons. The molecule has 0 aliphatic heterocycles. The predicted molar refractivity (Wildman–Crippen MR) is 45.1 cm³/mol. The number of methoxy groups -OCH3 is 1. The number of aromatic nitrogens is 1. The zero-order valence-electron chi connectivity index (χ0n) is 7.80. The summed E-state index contributed by atoms with van der Waals surface area (Å²) >= 11 is 0. The van der Waals surface area contributed by atoms with Gasteiger partial charge in [0.1, 0.15) is 5.75 Å².